The molecule has 1 N–H and O–H groups in total. The second-order valence-electron chi connectivity index (χ2n) is 5.76. The third-order valence-electron chi connectivity index (χ3n) is 4.36. The highest BCUT2D eigenvalue weighted by Crippen LogP contribution is 2.24. The summed E-state index contributed by atoms with van der Waals surface area (Å²) in [6.07, 6.45) is 0.252. The lowest BCUT2D eigenvalue weighted by atomic mass is 10.1. The summed E-state index contributed by atoms with van der Waals surface area (Å²) in [4.78, 5) is 27.3. The molecule has 2 amide bonds. The number of amides is 2. The summed E-state index contributed by atoms with van der Waals surface area (Å²) in [5.74, 6) is -0.903. The van der Waals surface area contributed by atoms with Crippen LogP contribution in [0.15, 0.2) is 18.2 Å². The maximum atomic E-state index is 13.7. The largest absolute Gasteiger partial charge is 0.367 e. The Kier molecular flexibility index (Phi) is 4.15. The normalized spacial score (nSPS) is 21.0. The molecule has 2 heterocycles. The van der Waals surface area contributed by atoms with Crippen molar-refractivity contribution in [3.05, 3.63) is 29.6 Å². The Bertz CT molecular complexity index is 677. The van der Waals surface area contributed by atoms with E-state index < -0.39 is 5.82 Å². The summed E-state index contributed by atoms with van der Waals surface area (Å²) < 4.78 is 13.7. The fraction of sp³-hybridized carbons (Fsp3) is 0.438. The second kappa shape index (κ2) is 6.24. The topological polar surface area (TPSA) is 76.4 Å². The number of nitriles is 1. The van der Waals surface area contributed by atoms with Crippen LogP contribution in [0.25, 0.3) is 0 Å². The molecule has 1 unspecified atom stereocenters. The van der Waals surface area contributed by atoms with Gasteiger partial charge in [0.25, 0.3) is 0 Å². The Balaban J connectivity index is 1.65. The zero-order chi connectivity index (χ0) is 16.4. The van der Waals surface area contributed by atoms with E-state index in [0.29, 0.717) is 38.4 Å². The van der Waals surface area contributed by atoms with Crippen LogP contribution in [0, 0.1) is 23.1 Å². The predicted molar refractivity (Wildman–Crippen MR) is 81.0 cm³/mol. The summed E-state index contributed by atoms with van der Waals surface area (Å²) in [6.45, 7) is 2.49. The van der Waals surface area contributed by atoms with Gasteiger partial charge < -0.3 is 15.1 Å². The molecule has 6 nitrogen and oxygen atoms in total. The van der Waals surface area contributed by atoms with Crippen molar-refractivity contribution in [2.75, 3.05) is 37.6 Å². The predicted octanol–water partition coefficient (Wildman–Crippen LogP) is 0.482. The van der Waals surface area contributed by atoms with Gasteiger partial charge >= 0.3 is 0 Å². The van der Waals surface area contributed by atoms with Gasteiger partial charge in [0, 0.05) is 39.1 Å². The number of halogens is 1. The van der Waals surface area contributed by atoms with Gasteiger partial charge in [-0.25, -0.2) is 4.39 Å². The molecule has 0 spiro atoms. The Morgan fingerprint density at radius 1 is 1.30 bits per heavy atom. The Labute approximate surface area is 133 Å². The molecule has 0 radical (unpaired) electrons. The van der Waals surface area contributed by atoms with Crippen LogP contribution in [0.3, 0.4) is 0 Å². The van der Waals surface area contributed by atoms with E-state index in [4.69, 9.17) is 5.26 Å². The van der Waals surface area contributed by atoms with E-state index in [1.807, 2.05) is 11.0 Å². The molecule has 0 aromatic heterocycles. The van der Waals surface area contributed by atoms with E-state index in [2.05, 4.69) is 5.32 Å². The van der Waals surface area contributed by atoms with Gasteiger partial charge in [-0.1, -0.05) is 6.07 Å². The highest BCUT2D eigenvalue weighted by molar-refractivity contribution is 5.89. The maximum absolute atomic E-state index is 13.7. The first-order chi connectivity index (χ1) is 11.1. The number of hydrogen-bond acceptors (Lipinski definition) is 4. The molecule has 1 atom stereocenters. The SMILES string of the molecule is N#Cc1c(F)cccc1N1CCN(C(=O)C2CNC(=O)C2)CC1. The van der Waals surface area contributed by atoms with E-state index in [-0.39, 0.29) is 29.7 Å². The third-order valence-corrected chi connectivity index (χ3v) is 4.36. The number of nitrogens with zero attached hydrogens (tertiary/aromatic N) is 3. The van der Waals surface area contributed by atoms with Crippen molar-refractivity contribution in [2.45, 2.75) is 6.42 Å². The standard InChI is InChI=1S/C16H17FN4O2/c17-13-2-1-3-14(12(13)9-18)20-4-6-21(7-5-20)16(23)11-8-15(22)19-10-11/h1-3,11H,4-8,10H2,(H,19,22). The van der Waals surface area contributed by atoms with Gasteiger partial charge in [0.05, 0.1) is 11.6 Å². The number of hydrogen-bond donors (Lipinski definition) is 1. The first kappa shape index (κ1) is 15.3. The van der Waals surface area contributed by atoms with Gasteiger partial charge in [-0.2, -0.15) is 5.26 Å². The highest BCUT2D eigenvalue weighted by Gasteiger charge is 2.33. The van der Waals surface area contributed by atoms with E-state index in [0.717, 1.165) is 0 Å². The summed E-state index contributed by atoms with van der Waals surface area (Å²) in [7, 11) is 0. The molecule has 23 heavy (non-hydrogen) atoms. The average Bonchev–Trinajstić information content (AvgIpc) is 3.00. The molecule has 3 rings (SSSR count). The van der Waals surface area contributed by atoms with Crippen molar-refractivity contribution >= 4 is 17.5 Å². The minimum Gasteiger partial charge on any atom is -0.367 e. The Morgan fingerprint density at radius 2 is 2.04 bits per heavy atom. The van der Waals surface area contributed by atoms with Gasteiger partial charge in [-0.3, -0.25) is 9.59 Å². The minimum atomic E-state index is -0.529. The van der Waals surface area contributed by atoms with E-state index >= 15 is 0 Å². The van der Waals surface area contributed by atoms with Crippen LogP contribution in [-0.2, 0) is 9.59 Å². The van der Waals surface area contributed by atoms with Gasteiger partial charge in [-0.05, 0) is 12.1 Å². The molecule has 1 aromatic carbocycles. The first-order valence-electron chi connectivity index (χ1n) is 7.59. The zero-order valence-corrected chi connectivity index (χ0v) is 12.6. The lowest BCUT2D eigenvalue weighted by molar-refractivity contribution is -0.136. The van der Waals surface area contributed by atoms with Crippen molar-refractivity contribution in [1.82, 2.24) is 10.2 Å². The van der Waals surface area contributed by atoms with E-state index in [9.17, 15) is 14.0 Å². The minimum absolute atomic E-state index is 0.0113. The van der Waals surface area contributed by atoms with Crippen molar-refractivity contribution in [2.24, 2.45) is 5.92 Å². The number of benzene rings is 1. The van der Waals surface area contributed by atoms with Gasteiger partial charge in [0.15, 0.2) is 0 Å². The molecule has 0 saturated carbocycles. The smallest absolute Gasteiger partial charge is 0.228 e. The van der Waals surface area contributed by atoms with Crippen LogP contribution in [0.4, 0.5) is 10.1 Å². The van der Waals surface area contributed by atoms with Gasteiger partial charge in [0.1, 0.15) is 17.4 Å². The Morgan fingerprint density at radius 3 is 2.65 bits per heavy atom. The first-order valence-corrected chi connectivity index (χ1v) is 7.59. The summed E-state index contributed by atoms with van der Waals surface area (Å²) in [5.41, 5.74) is 0.607. The van der Waals surface area contributed by atoms with Crippen LogP contribution in [-0.4, -0.2) is 49.4 Å². The van der Waals surface area contributed by atoms with Crippen molar-refractivity contribution in [3.8, 4) is 6.07 Å². The highest BCUT2D eigenvalue weighted by atomic mass is 19.1. The van der Waals surface area contributed by atoms with Gasteiger partial charge in [0.2, 0.25) is 11.8 Å². The monoisotopic (exact) mass is 316 g/mol. The zero-order valence-electron chi connectivity index (χ0n) is 12.6. The average molecular weight is 316 g/mol. The van der Waals surface area contributed by atoms with E-state index in [1.54, 1.807) is 17.0 Å². The second-order valence-corrected chi connectivity index (χ2v) is 5.76. The third kappa shape index (κ3) is 2.97. The quantitative estimate of drug-likeness (QED) is 0.861. The number of carbonyl (C=O) groups excluding carboxylic acids is 2. The van der Waals surface area contributed by atoms with Crippen LogP contribution < -0.4 is 10.2 Å². The molecule has 2 aliphatic heterocycles. The summed E-state index contributed by atoms with van der Waals surface area (Å²) in [6, 6.07) is 6.47. The molecule has 1 aromatic rings. The van der Waals surface area contributed by atoms with Crippen molar-refractivity contribution in [1.29, 1.82) is 5.26 Å². The van der Waals surface area contributed by atoms with Crippen LogP contribution in [0.5, 0.6) is 0 Å². The number of piperazine rings is 1. The van der Waals surface area contributed by atoms with Crippen molar-refractivity contribution in [3.63, 3.8) is 0 Å². The molecular formula is C16H17FN4O2. The lowest BCUT2D eigenvalue weighted by Crippen LogP contribution is -2.50. The fourth-order valence-electron chi connectivity index (χ4n) is 3.09. The van der Waals surface area contributed by atoms with Crippen LogP contribution in [0.1, 0.15) is 12.0 Å². The molecular weight excluding hydrogens is 299 g/mol. The molecule has 7 heteroatoms. The van der Waals surface area contributed by atoms with Gasteiger partial charge in [-0.15, -0.1) is 0 Å². The maximum Gasteiger partial charge on any atom is 0.228 e. The molecule has 0 bridgehead atoms. The summed E-state index contributed by atoms with van der Waals surface area (Å²) >= 11 is 0. The number of rotatable bonds is 2. The van der Waals surface area contributed by atoms with Crippen LogP contribution >= 0.6 is 0 Å². The number of nitrogens with one attached hydrogen (secondary N) is 1. The lowest BCUT2D eigenvalue weighted by Gasteiger charge is -2.37. The number of anilines is 1. The molecule has 2 saturated heterocycles. The van der Waals surface area contributed by atoms with Crippen molar-refractivity contribution < 1.29 is 14.0 Å². The molecule has 2 fully saturated rings. The summed E-state index contributed by atoms with van der Waals surface area (Å²) in [5, 5.41) is 11.8. The molecule has 0 aliphatic carbocycles. The fourth-order valence-corrected chi connectivity index (χ4v) is 3.09. The van der Waals surface area contributed by atoms with Crippen LogP contribution in [0.2, 0.25) is 0 Å². The van der Waals surface area contributed by atoms with E-state index in [1.165, 1.54) is 6.07 Å². The molecule has 2 aliphatic rings. The Hall–Kier alpha value is -2.62. The molecule has 120 valence electrons. The number of carbonyl (C=O) groups is 2.